The van der Waals surface area contributed by atoms with Crippen molar-refractivity contribution in [3.63, 3.8) is 0 Å². The first-order valence-electron chi connectivity index (χ1n) is 6.56. The Morgan fingerprint density at radius 1 is 1.52 bits per heavy atom. The van der Waals surface area contributed by atoms with Crippen molar-refractivity contribution in [3.05, 3.63) is 51.5 Å². The molecule has 2 rings (SSSR count). The van der Waals surface area contributed by atoms with Crippen LogP contribution in [0.25, 0.3) is 0 Å². The van der Waals surface area contributed by atoms with Gasteiger partial charge in [0.25, 0.3) is 5.91 Å². The molecule has 5 heteroatoms. The topological polar surface area (TPSA) is 62.2 Å². The van der Waals surface area contributed by atoms with Crippen LogP contribution in [0.5, 0.6) is 0 Å². The number of carbonyl (C=O) groups excluding carboxylic acids is 1. The molecular formula is C16H16N2O2S. The number of aliphatic hydroxyl groups excluding tert-OH is 1. The number of carbonyl (C=O) groups is 1. The molecule has 0 aliphatic heterocycles. The number of rotatable bonds is 4. The zero-order chi connectivity index (χ0) is 15.1. The van der Waals surface area contributed by atoms with Crippen molar-refractivity contribution < 1.29 is 9.90 Å². The van der Waals surface area contributed by atoms with Crippen LogP contribution in [0.1, 0.15) is 32.8 Å². The van der Waals surface area contributed by atoms with Gasteiger partial charge in [-0.3, -0.25) is 9.78 Å². The van der Waals surface area contributed by atoms with Gasteiger partial charge in [0.1, 0.15) is 0 Å². The van der Waals surface area contributed by atoms with Gasteiger partial charge in [-0.1, -0.05) is 11.8 Å². The number of nitrogens with one attached hydrogen (secondary N) is 1. The maximum absolute atomic E-state index is 12.1. The molecule has 0 atom stereocenters. The average Bonchev–Trinajstić information content (AvgIpc) is 2.95. The van der Waals surface area contributed by atoms with Crippen LogP contribution in [0, 0.1) is 18.8 Å². The molecule has 0 unspecified atom stereocenters. The van der Waals surface area contributed by atoms with E-state index in [1.165, 1.54) is 11.3 Å². The summed E-state index contributed by atoms with van der Waals surface area (Å²) < 4.78 is 0. The second-order valence-corrected chi connectivity index (χ2v) is 5.37. The highest BCUT2D eigenvalue weighted by atomic mass is 32.1. The summed E-state index contributed by atoms with van der Waals surface area (Å²) >= 11 is 1.42. The lowest BCUT2D eigenvalue weighted by atomic mass is 10.1. The number of aliphatic hydroxyl groups is 1. The normalized spacial score (nSPS) is 9.81. The molecule has 0 radical (unpaired) electrons. The van der Waals surface area contributed by atoms with E-state index in [2.05, 4.69) is 22.1 Å². The number of aromatic nitrogens is 1. The van der Waals surface area contributed by atoms with E-state index in [0.29, 0.717) is 18.5 Å². The molecule has 2 aromatic heterocycles. The first-order valence-corrected chi connectivity index (χ1v) is 7.44. The largest absolute Gasteiger partial charge is 0.395 e. The SMILES string of the molecule is Cc1ccncc1CNC(=O)c1csc(C#CCCO)c1. The summed E-state index contributed by atoms with van der Waals surface area (Å²) in [4.78, 5) is 16.9. The first kappa shape index (κ1) is 15.2. The van der Waals surface area contributed by atoms with Gasteiger partial charge in [-0.15, -0.1) is 11.3 Å². The summed E-state index contributed by atoms with van der Waals surface area (Å²) in [6.45, 7) is 2.50. The molecule has 0 aliphatic rings. The monoisotopic (exact) mass is 300 g/mol. The first-order chi connectivity index (χ1) is 10.2. The average molecular weight is 300 g/mol. The van der Waals surface area contributed by atoms with Gasteiger partial charge in [0.2, 0.25) is 0 Å². The van der Waals surface area contributed by atoms with Gasteiger partial charge in [-0.05, 0) is 30.2 Å². The summed E-state index contributed by atoms with van der Waals surface area (Å²) in [6, 6.07) is 3.68. The summed E-state index contributed by atoms with van der Waals surface area (Å²) in [7, 11) is 0. The third kappa shape index (κ3) is 4.42. The highest BCUT2D eigenvalue weighted by Gasteiger charge is 2.08. The van der Waals surface area contributed by atoms with Gasteiger partial charge >= 0.3 is 0 Å². The Kier molecular flexibility index (Phi) is 5.50. The molecule has 2 heterocycles. The lowest BCUT2D eigenvalue weighted by molar-refractivity contribution is 0.0951. The number of hydrogen-bond acceptors (Lipinski definition) is 4. The molecule has 0 spiro atoms. The van der Waals surface area contributed by atoms with Gasteiger partial charge < -0.3 is 10.4 Å². The minimum Gasteiger partial charge on any atom is -0.395 e. The van der Waals surface area contributed by atoms with Gasteiger partial charge in [0.05, 0.1) is 17.0 Å². The van der Waals surface area contributed by atoms with Crippen LogP contribution in [0.2, 0.25) is 0 Å². The molecule has 0 saturated heterocycles. The van der Waals surface area contributed by atoms with Gasteiger partial charge in [-0.2, -0.15) is 0 Å². The van der Waals surface area contributed by atoms with Crippen molar-refractivity contribution in [2.75, 3.05) is 6.61 Å². The molecule has 4 nitrogen and oxygen atoms in total. The third-order valence-corrected chi connectivity index (χ3v) is 3.74. The molecule has 0 aliphatic carbocycles. The number of amides is 1. The van der Waals surface area contributed by atoms with Crippen LogP contribution in [-0.4, -0.2) is 22.6 Å². The highest BCUT2D eigenvalue weighted by molar-refractivity contribution is 7.10. The summed E-state index contributed by atoms with van der Waals surface area (Å²) in [6.07, 6.45) is 3.94. The number of aryl methyl sites for hydroxylation is 1. The maximum Gasteiger partial charge on any atom is 0.252 e. The predicted molar refractivity (Wildman–Crippen MR) is 83.0 cm³/mol. The van der Waals surface area contributed by atoms with Crippen molar-refractivity contribution in [2.45, 2.75) is 19.9 Å². The van der Waals surface area contributed by atoms with E-state index >= 15 is 0 Å². The fourth-order valence-electron chi connectivity index (χ4n) is 1.69. The number of pyridine rings is 1. The molecule has 2 N–H and O–H groups in total. The summed E-state index contributed by atoms with van der Waals surface area (Å²) in [5.41, 5.74) is 2.71. The second kappa shape index (κ2) is 7.58. The summed E-state index contributed by atoms with van der Waals surface area (Å²) in [5, 5.41) is 13.3. The van der Waals surface area contributed by atoms with E-state index in [9.17, 15) is 4.79 Å². The summed E-state index contributed by atoms with van der Waals surface area (Å²) in [5.74, 6) is 5.64. The molecule has 0 aromatic carbocycles. The highest BCUT2D eigenvalue weighted by Crippen LogP contribution is 2.14. The molecule has 108 valence electrons. The molecule has 21 heavy (non-hydrogen) atoms. The minimum absolute atomic E-state index is 0.0518. The maximum atomic E-state index is 12.1. The Hall–Kier alpha value is -2.16. The smallest absolute Gasteiger partial charge is 0.252 e. The van der Waals surface area contributed by atoms with Crippen molar-refractivity contribution >= 4 is 17.2 Å². The molecular weight excluding hydrogens is 284 g/mol. The molecule has 1 amide bonds. The van der Waals surface area contributed by atoms with Crippen molar-refractivity contribution in [1.82, 2.24) is 10.3 Å². The Labute approximate surface area is 127 Å². The van der Waals surface area contributed by atoms with Crippen LogP contribution < -0.4 is 5.32 Å². The molecule has 0 bridgehead atoms. The predicted octanol–water partition coefficient (Wildman–Crippen LogP) is 2.12. The lowest BCUT2D eigenvalue weighted by Gasteiger charge is -2.06. The quantitative estimate of drug-likeness (QED) is 0.850. The lowest BCUT2D eigenvalue weighted by Crippen LogP contribution is -2.22. The van der Waals surface area contributed by atoms with Crippen LogP contribution in [0.4, 0.5) is 0 Å². The van der Waals surface area contributed by atoms with Crippen molar-refractivity contribution in [1.29, 1.82) is 0 Å². The van der Waals surface area contributed by atoms with E-state index in [1.807, 2.05) is 13.0 Å². The van der Waals surface area contributed by atoms with E-state index < -0.39 is 0 Å². The third-order valence-electron chi connectivity index (χ3n) is 2.90. The van der Waals surface area contributed by atoms with Crippen LogP contribution in [-0.2, 0) is 6.54 Å². The number of thiophene rings is 1. The second-order valence-electron chi connectivity index (χ2n) is 4.46. The minimum atomic E-state index is -0.121. The van der Waals surface area contributed by atoms with Gasteiger partial charge in [0.15, 0.2) is 0 Å². The zero-order valence-corrected chi connectivity index (χ0v) is 12.5. The van der Waals surface area contributed by atoms with Crippen molar-refractivity contribution in [3.8, 4) is 11.8 Å². The van der Waals surface area contributed by atoms with Gasteiger partial charge in [0, 0.05) is 30.7 Å². The molecule has 0 fully saturated rings. The van der Waals surface area contributed by atoms with Crippen LogP contribution >= 0.6 is 11.3 Å². The van der Waals surface area contributed by atoms with Crippen molar-refractivity contribution in [2.24, 2.45) is 0 Å². The van der Waals surface area contributed by atoms with E-state index in [-0.39, 0.29) is 12.5 Å². The Morgan fingerprint density at radius 3 is 3.14 bits per heavy atom. The zero-order valence-electron chi connectivity index (χ0n) is 11.7. The Morgan fingerprint density at radius 2 is 2.38 bits per heavy atom. The Bertz CT molecular complexity index is 683. The molecule has 0 saturated carbocycles. The molecule has 2 aromatic rings. The van der Waals surface area contributed by atoms with Crippen LogP contribution in [0.15, 0.2) is 29.9 Å². The van der Waals surface area contributed by atoms with Crippen LogP contribution in [0.3, 0.4) is 0 Å². The van der Waals surface area contributed by atoms with E-state index in [1.54, 1.807) is 23.8 Å². The van der Waals surface area contributed by atoms with Gasteiger partial charge in [-0.25, -0.2) is 0 Å². The number of nitrogens with zero attached hydrogens (tertiary/aromatic N) is 1. The fourth-order valence-corrected chi connectivity index (χ4v) is 2.44. The number of hydrogen-bond donors (Lipinski definition) is 2. The Balaban J connectivity index is 1.95. The van der Waals surface area contributed by atoms with E-state index in [4.69, 9.17) is 5.11 Å². The fraction of sp³-hybridized carbons (Fsp3) is 0.250. The van der Waals surface area contributed by atoms with E-state index in [0.717, 1.165) is 16.0 Å². The standard InChI is InChI=1S/C16H16N2O2S/c1-12-5-6-17-9-14(12)10-18-16(20)13-8-15(21-11-13)4-2-3-7-19/h5-6,8-9,11,19H,3,7,10H2,1H3,(H,18,20).